The molecule has 0 amide bonds. The Hall–Kier alpha value is -2.73. The minimum Gasteiger partial charge on any atom is -0.411 e. The van der Waals surface area contributed by atoms with Gasteiger partial charge in [-0.3, -0.25) is 4.90 Å². The molecule has 3 aromatic rings. The average molecular weight is 473 g/mol. The molecule has 3 aromatic carbocycles. The lowest BCUT2D eigenvalue weighted by atomic mass is 10.0. The summed E-state index contributed by atoms with van der Waals surface area (Å²) in [5.41, 5.74) is 2.15. The van der Waals surface area contributed by atoms with Crippen molar-refractivity contribution >= 4 is 24.4 Å². The van der Waals surface area contributed by atoms with E-state index in [1.807, 2.05) is 0 Å². The first-order valence-corrected chi connectivity index (χ1v) is 14.1. The zero-order valence-electron chi connectivity index (χ0n) is 20.5. The summed E-state index contributed by atoms with van der Waals surface area (Å²) < 4.78 is 7.31. The standard InChI is InChI=1S/C29H36N2O2Si/c1-29(2,3)34(26-15-9-5-10-16-26,27-17-11-6-12-18-27)33-23-28(24-13-7-4-8-14-24)31-21-19-25(30-32)20-22-31/h4-18,28,32H,19-23H2,1-3H3/t28-/m0/s1. The van der Waals surface area contributed by atoms with Crippen LogP contribution in [0.3, 0.4) is 0 Å². The second-order valence-corrected chi connectivity index (χ2v) is 14.4. The molecule has 0 aliphatic carbocycles. The molecule has 1 saturated heterocycles. The molecule has 0 bridgehead atoms. The van der Waals surface area contributed by atoms with Crippen molar-refractivity contribution in [3.05, 3.63) is 96.6 Å². The van der Waals surface area contributed by atoms with Gasteiger partial charge in [0, 0.05) is 25.9 Å². The van der Waals surface area contributed by atoms with E-state index in [0.29, 0.717) is 6.61 Å². The Morgan fingerprint density at radius 2 is 1.29 bits per heavy atom. The Morgan fingerprint density at radius 1 is 0.824 bits per heavy atom. The molecule has 5 heteroatoms. The van der Waals surface area contributed by atoms with Gasteiger partial charge in [-0.15, -0.1) is 0 Å². The number of piperidine rings is 1. The third kappa shape index (κ3) is 5.02. The van der Waals surface area contributed by atoms with Gasteiger partial charge in [-0.05, 0) is 21.0 Å². The zero-order valence-corrected chi connectivity index (χ0v) is 21.5. The number of hydrogen-bond acceptors (Lipinski definition) is 4. The van der Waals surface area contributed by atoms with E-state index in [0.717, 1.165) is 31.6 Å². The normalized spacial score (nSPS) is 16.3. The average Bonchev–Trinajstić information content (AvgIpc) is 2.88. The highest BCUT2D eigenvalue weighted by Crippen LogP contribution is 2.38. The van der Waals surface area contributed by atoms with Crippen LogP contribution in [0.2, 0.25) is 5.04 Å². The largest absolute Gasteiger partial charge is 0.411 e. The summed E-state index contributed by atoms with van der Waals surface area (Å²) in [5.74, 6) is 0. The molecule has 34 heavy (non-hydrogen) atoms. The smallest absolute Gasteiger partial charge is 0.261 e. The quantitative estimate of drug-likeness (QED) is 0.291. The van der Waals surface area contributed by atoms with Gasteiger partial charge in [0.15, 0.2) is 0 Å². The Bertz CT molecular complexity index is 1020. The van der Waals surface area contributed by atoms with Crippen molar-refractivity contribution in [3.63, 3.8) is 0 Å². The van der Waals surface area contributed by atoms with E-state index in [1.165, 1.54) is 15.9 Å². The fourth-order valence-electron chi connectivity index (χ4n) is 5.25. The summed E-state index contributed by atoms with van der Waals surface area (Å²) in [4.78, 5) is 2.49. The maximum absolute atomic E-state index is 9.23. The van der Waals surface area contributed by atoms with Crippen molar-refractivity contribution in [2.24, 2.45) is 5.16 Å². The summed E-state index contributed by atoms with van der Waals surface area (Å²) in [7, 11) is -2.62. The highest BCUT2D eigenvalue weighted by atomic mass is 28.4. The molecule has 1 heterocycles. The maximum atomic E-state index is 9.23. The van der Waals surface area contributed by atoms with Crippen molar-refractivity contribution in [1.29, 1.82) is 0 Å². The van der Waals surface area contributed by atoms with E-state index in [4.69, 9.17) is 4.43 Å². The van der Waals surface area contributed by atoms with E-state index in [9.17, 15) is 5.21 Å². The SMILES string of the molecule is CC(C)(C)[Si](OC[C@@H](c1ccccc1)N1CCC(=NO)CC1)(c1ccccc1)c1ccccc1. The molecule has 4 nitrogen and oxygen atoms in total. The molecule has 1 aliphatic heterocycles. The number of rotatable bonds is 7. The second-order valence-electron chi connectivity index (χ2n) is 10.1. The van der Waals surface area contributed by atoms with Crippen LogP contribution in [0.1, 0.15) is 45.2 Å². The number of hydrogen-bond donors (Lipinski definition) is 1. The van der Waals surface area contributed by atoms with Crippen LogP contribution in [-0.2, 0) is 4.43 Å². The van der Waals surface area contributed by atoms with Gasteiger partial charge < -0.3 is 9.63 Å². The number of likely N-dealkylation sites (tertiary alicyclic amines) is 1. The van der Waals surface area contributed by atoms with E-state index in [1.54, 1.807) is 0 Å². The molecular weight excluding hydrogens is 436 g/mol. The summed E-state index contributed by atoms with van der Waals surface area (Å²) >= 11 is 0. The molecule has 0 saturated carbocycles. The minimum absolute atomic E-state index is 0.0600. The third-order valence-electron chi connectivity index (χ3n) is 7.02. The van der Waals surface area contributed by atoms with Crippen molar-refractivity contribution in [3.8, 4) is 0 Å². The van der Waals surface area contributed by atoms with Crippen molar-refractivity contribution in [2.45, 2.75) is 44.7 Å². The first kappa shape index (κ1) is 24.4. The Balaban J connectivity index is 1.74. The summed E-state index contributed by atoms with van der Waals surface area (Å²) in [6.45, 7) is 9.31. The van der Waals surface area contributed by atoms with Gasteiger partial charge >= 0.3 is 0 Å². The first-order valence-electron chi connectivity index (χ1n) is 12.2. The fourth-order valence-corrected chi connectivity index (χ4v) is 9.81. The van der Waals surface area contributed by atoms with Gasteiger partial charge in [-0.1, -0.05) is 117 Å². The van der Waals surface area contributed by atoms with Crippen molar-refractivity contribution < 1.29 is 9.63 Å². The molecule has 0 aromatic heterocycles. The van der Waals surface area contributed by atoms with Crippen molar-refractivity contribution in [2.75, 3.05) is 19.7 Å². The Morgan fingerprint density at radius 3 is 1.74 bits per heavy atom. The van der Waals surface area contributed by atoms with Gasteiger partial charge in [0.25, 0.3) is 8.32 Å². The molecule has 0 spiro atoms. The second kappa shape index (κ2) is 10.7. The molecule has 1 atom stereocenters. The number of nitrogens with zero attached hydrogens (tertiary/aromatic N) is 2. The molecule has 0 radical (unpaired) electrons. The zero-order chi connectivity index (χ0) is 24.0. The topological polar surface area (TPSA) is 45.1 Å². The third-order valence-corrected chi connectivity index (χ3v) is 12.0. The molecule has 178 valence electrons. The van der Waals surface area contributed by atoms with Crippen LogP contribution >= 0.6 is 0 Å². The van der Waals surface area contributed by atoms with Crippen LogP contribution in [0.25, 0.3) is 0 Å². The van der Waals surface area contributed by atoms with Crippen LogP contribution in [0.4, 0.5) is 0 Å². The number of benzene rings is 3. The van der Waals surface area contributed by atoms with Crippen LogP contribution in [0.5, 0.6) is 0 Å². The van der Waals surface area contributed by atoms with E-state index >= 15 is 0 Å². The minimum atomic E-state index is -2.62. The van der Waals surface area contributed by atoms with Gasteiger partial charge in [-0.2, -0.15) is 0 Å². The fraction of sp³-hybridized carbons (Fsp3) is 0.345. The summed E-state index contributed by atoms with van der Waals surface area (Å²) in [6, 6.07) is 32.5. The van der Waals surface area contributed by atoms with E-state index < -0.39 is 8.32 Å². The highest BCUT2D eigenvalue weighted by Gasteiger charge is 2.50. The Labute approximate surface area is 205 Å². The van der Waals surface area contributed by atoms with Crippen LogP contribution in [0.15, 0.2) is 96.2 Å². The lowest BCUT2D eigenvalue weighted by molar-refractivity contribution is 0.128. The first-order chi connectivity index (χ1) is 16.5. The lowest BCUT2D eigenvalue weighted by Crippen LogP contribution is -2.67. The summed E-state index contributed by atoms with van der Waals surface area (Å²) in [6.07, 6.45) is 1.58. The van der Waals surface area contributed by atoms with E-state index in [2.05, 4.69) is 122 Å². The van der Waals surface area contributed by atoms with Gasteiger partial charge in [-0.25, -0.2) is 0 Å². The lowest BCUT2D eigenvalue weighted by Gasteiger charge is -2.45. The highest BCUT2D eigenvalue weighted by molar-refractivity contribution is 6.99. The molecule has 1 aliphatic rings. The van der Waals surface area contributed by atoms with Crippen LogP contribution in [0, 0.1) is 0 Å². The van der Waals surface area contributed by atoms with Crippen molar-refractivity contribution in [1.82, 2.24) is 4.90 Å². The van der Waals surface area contributed by atoms with Crippen LogP contribution in [-0.4, -0.2) is 43.8 Å². The van der Waals surface area contributed by atoms with Gasteiger partial charge in [0.2, 0.25) is 0 Å². The number of oxime groups is 1. The predicted molar refractivity (Wildman–Crippen MR) is 143 cm³/mol. The Kier molecular flexibility index (Phi) is 7.66. The molecular formula is C29H36N2O2Si. The molecule has 0 unspecified atom stereocenters. The summed E-state index contributed by atoms with van der Waals surface area (Å²) in [5, 5.41) is 15.3. The van der Waals surface area contributed by atoms with Crippen LogP contribution < -0.4 is 10.4 Å². The monoisotopic (exact) mass is 472 g/mol. The van der Waals surface area contributed by atoms with Gasteiger partial charge in [0.1, 0.15) is 0 Å². The van der Waals surface area contributed by atoms with Gasteiger partial charge in [0.05, 0.1) is 18.4 Å². The van der Waals surface area contributed by atoms with E-state index in [-0.39, 0.29) is 11.1 Å². The predicted octanol–water partition coefficient (Wildman–Crippen LogP) is 5.23. The maximum Gasteiger partial charge on any atom is 0.261 e. The molecule has 4 rings (SSSR count). The molecule has 1 N–H and O–H groups in total. The molecule has 1 fully saturated rings.